The lowest BCUT2D eigenvalue weighted by atomic mass is 10.1. The number of hydrogen-bond donors (Lipinski definition) is 0. The van der Waals surface area contributed by atoms with Gasteiger partial charge in [-0.3, -0.25) is 0 Å². The average molecular weight is 172 g/mol. The first-order valence-electron chi connectivity index (χ1n) is 4.67. The molecule has 1 aromatic rings. The van der Waals surface area contributed by atoms with Gasteiger partial charge in [0.1, 0.15) is 0 Å². The van der Waals surface area contributed by atoms with Gasteiger partial charge < -0.3 is 0 Å². The van der Waals surface area contributed by atoms with Gasteiger partial charge in [-0.05, 0) is 30.9 Å². The summed E-state index contributed by atoms with van der Waals surface area (Å²) in [5.41, 5.74) is 2.33. The number of para-hydroxylation sites is 1. The van der Waals surface area contributed by atoms with E-state index < -0.39 is 0 Å². The van der Waals surface area contributed by atoms with Gasteiger partial charge in [0.05, 0.1) is 11.7 Å². The zero-order valence-electron chi connectivity index (χ0n) is 7.53. The molecule has 1 aliphatic heterocycles. The standard InChI is InChI=1S/C11H12N2/c1-2-7-11-10(5-1)6-3-4-8-12-9-13-11/h1-2,5,7H,3-4,6,8H2. The predicted molar refractivity (Wildman–Crippen MR) is 53.8 cm³/mol. The normalized spacial score (nSPS) is 15.7. The molecule has 0 atom stereocenters. The maximum Gasteiger partial charge on any atom is 0.0949 e. The van der Waals surface area contributed by atoms with Crippen LogP contribution >= 0.6 is 0 Å². The topological polar surface area (TPSA) is 24.7 Å². The largest absolute Gasteiger partial charge is 0.225 e. The van der Waals surface area contributed by atoms with Crippen molar-refractivity contribution >= 4 is 11.7 Å². The Morgan fingerprint density at radius 2 is 2.08 bits per heavy atom. The van der Waals surface area contributed by atoms with Crippen molar-refractivity contribution in [1.82, 2.24) is 0 Å². The summed E-state index contributed by atoms with van der Waals surface area (Å²) in [6.45, 7) is 0.859. The van der Waals surface area contributed by atoms with E-state index in [0.717, 1.165) is 25.1 Å². The Morgan fingerprint density at radius 3 is 3.08 bits per heavy atom. The summed E-state index contributed by atoms with van der Waals surface area (Å²) in [6.07, 6.45) is 3.44. The number of benzene rings is 1. The molecule has 0 aliphatic carbocycles. The summed E-state index contributed by atoms with van der Waals surface area (Å²) in [6, 6.07) is 10.9. The van der Waals surface area contributed by atoms with Crippen LogP contribution in [0.5, 0.6) is 0 Å². The Balaban J connectivity index is 2.39. The zero-order valence-corrected chi connectivity index (χ0v) is 7.53. The Morgan fingerprint density at radius 1 is 1.15 bits per heavy atom. The summed E-state index contributed by atoms with van der Waals surface area (Å²) in [5, 5.41) is 0. The molecule has 1 aromatic carbocycles. The van der Waals surface area contributed by atoms with Crippen LogP contribution < -0.4 is 0 Å². The van der Waals surface area contributed by atoms with Crippen LogP contribution in [0.4, 0.5) is 5.69 Å². The molecule has 0 aromatic heterocycles. The fourth-order valence-electron chi connectivity index (χ4n) is 1.48. The summed E-state index contributed by atoms with van der Waals surface area (Å²) in [4.78, 5) is 8.26. The van der Waals surface area contributed by atoms with Crippen LogP contribution in [-0.4, -0.2) is 12.6 Å². The molecule has 66 valence electrons. The first-order chi connectivity index (χ1) is 6.47. The van der Waals surface area contributed by atoms with E-state index in [1.54, 1.807) is 0 Å². The van der Waals surface area contributed by atoms with E-state index in [1.807, 2.05) is 12.1 Å². The Labute approximate surface area is 78.0 Å². The molecule has 0 spiro atoms. The van der Waals surface area contributed by atoms with Crippen LogP contribution in [-0.2, 0) is 6.42 Å². The molecule has 2 heteroatoms. The van der Waals surface area contributed by atoms with Crippen molar-refractivity contribution in [1.29, 1.82) is 0 Å². The van der Waals surface area contributed by atoms with E-state index in [0.29, 0.717) is 0 Å². The van der Waals surface area contributed by atoms with Crippen LogP contribution in [0.2, 0.25) is 0 Å². The molecule has 1 aliphatic rings. The second kappa shape index (κ2) is 4.01. The number of nitrogens with zero attached hydrogens (tertiary/aromatic N) is 2. The molecule has 0 saturated heterocycles. The summed E-state index contributed by atoms with van der Waals surface area (Å²) in [7, 11) is 0. The first-order valence-corrected chi connectivity index (χ1v) is 4.67. The summed E-state index contributed by atoms with van der Waals surface area (Å²) in [5.74, 6) is 0. The third kappa shape index (κ3) is 2.04. The monoisotopic (exact) mass is 172 g/mol. The lowest BCUT2D eigenvalue weighted by molar-refractivity contribution is 0.750. The Bertz CT molecular complexity index is 349. The number of aliphatic imine (C=N–C) groups is 2. The van der Waals surface area contributed by atoms with Gasteiger partial charge in [0.15, 0.2) is 0 Å². The van der Waals surface area contributed by atoms with Crippen LogP contribution in [0.3, 0.4) is 0 Å². The van der Waals surface area contributed by atoms with Crippen molar-refractivity contribution < 1.29 is 0 Å². The molecule has 1 heterocycles. The molecular formula is C11H12N2. The quantitative estimate of drug-likeness (QED) is 0.575. The van der Waals surface area contributed by atoms with Gasteiger partial charge >= 0.3 is 0 Å². The van der Waals surface area contributed by atoms with Crippen LogP contribution in [0.1, 0.15) is 18.4 Å². The van der Waals surface area contributed by atoms with Gasteiger partial charge in [0.2, 0.25) is 0 Å². The van der Waals surface area contributed by atoms with E-state index in [-0.39, 0.29) is 0 Å². The molecule has 0 N–H and O–H groups in total. The third-order valence-corrected chi connectivity index (χ3v) is 2.20. The van der Waals surface area contributed by atoms with Gasteiger partial charge in [-0.15, -0.1) is 0 Å². The second-order valence-electron chi connectivity index (χ2n) is 3.18. The highest BCUT2D eigenvalue weighted by Gasteiger charge is 2.00. The highest BCUT2D eigenvalue weighted by atomic mass is 14.8. The van der Waals surface area contributed by atoms with E-state index in [4.69, 9.17) is 0 Å². The summed E-state index contributed by atoms with van der Waals surface area (Å²) >= 11 is 0. The molecule has 0 amide bonds. The molecule has 2 rings (SSSR count). The van der Waals surface area contributed by atoms with Gasteiger partial charge in [-0.25, -0.2) is 4.99 Å². The van der Waals surface area contributed by atoms with Gasteiger partial charge in [-0.1, -0.05) is 18.2 Å². The van der Waals surface area contributed by atoms with Gasteiger partial charge in [-0.2, -0.15) is 4.99 Å². The van der Waals surface area contributed by atoms with E-state index in [1.165, 1.54) is 12.0 Å². The minimum absolute atomic E-state index is 0.859. The van der Waals surface area contributed by atoms with Crippen molar-refractivity contribution in [2.75, 3.05) is 6.54 Å². The zero-order chi connectivity index (χ0) is 8.93. The minimum atomic E-state index is 0.859. The fourth-order valence-corrected chi connectivity index (χ4v) is 1.48. The van der Waals surface area contributed by atoms with E-state index in [2.05, 4.69) is 28.1 Å². The highest BCUT2D eigenvalue weighted by molar-refractivity contribution is 5.56. The fraction of sp³-hybridized carbons (Fsp3) is 0.364. The van der Waals surface area contributed by atoms with Gasteiger partial charge in [0, 0.05) is 6.54 Å². The van der Waals surface area contributed by atoms with Crippen LogP contribution in [0.25, 0.3) is 0 Å². The second-order valence-corrected chi connectivity index (χ2v) is 3.18. The summed E-state index contributed by atoms with van der Waals surface area (Å²) < 4.78 is 0. The number of aryl methyl sites for hydroxylation is 1. The number of rotatable bonds is 0. The molecule has 13 heavy (non-hydrogen) atoms. The van der Waals surface area contributed by atoms with Crippen molar-refractivity contribution in [3.8, 4) is 0 Å². The molecule has 0 unspecified atom stereocenters. The van der Waals surface area contributed by atoms with Crippen molar-refractivity contribution in [2.45, 2.75) is 19.3 Å². The molecule has 0 saturated carbocycles. The molecule has 0 radical (unpaired) electrons. The highest BCUT2D eigenvalue weighted by Crippen LogP contribution is 2.20. The maximum atomic E-state index is 4.19. The first kappa shape index (κ1) is 8.21. The smallest absolute Gasteiger partial charge is 0.0949 e. The predicted octanol–water partition coefficient (Wildman–Crippen LogP) is 2.83. The number of hydrogen-bond acceptors (Lipinski definition) is 2. The molecule has 0 fully saturated rings. The molecule has 2 nitrogen and oxygen atoms in total. The van der Waals surface area contributed by atoms with Gasteiger partial charge in [0.25, 0.3) is 0 Å². The Kier molecular flexibility index (Phi) is 2.54. The lowest BCUT2D eigenvalue weighted by Gasteiger charge is -2.01. The van der Waals surface area contributed by atoms with Crippen LogP contribution in [0, 0.1) is 0 Å². The van der Waals surface area contributed by atoms with Crippen molar-refractivity contribution in [2.24, 2.45) is 9.98 Å². The average Bonchev–Trinajstić information content (AvgIpc) is 2.28. The van der Waals surface area contributed by atoms with Crippen molar-refractivity contribution in [3.05, 3.63) is 29.8 Å². The molecule has 0 bridgehead atoms. The lowest BCUT2D eigenvalue weighted by Crippen LogP contribution is -1.86. The van der Waals surface area contributed by atoms with E-state index in [9.17, 15) is 0 Å². The van der Waals surface area contributed by atoms with Crippen LogP contribution in [0.15, 0.2) is 34.3 Å². The third-order valence-electron chi connectivity index (χ3n) is 2.20. The van der Waals surface area contributed by atoms with Crippen molar-refractivity contribution in [3.63, 3.8) is 0 Å². The van der Waals surface area contributed by atoms with E-state index >= 15 is 0 Å². The SMILES string of the molecule is C1=NCCCCc2ccccc2N=1. The minimum Gasteiger partial charge on any atom is -0.225 e. The number of fused-ring (bicyclic) bond motifs is 1. The Hall–Kier alpha value is -1.40. The maximum absolute atomic E-state index is 4.19. The molecular weight excluding hydrogens is 160 g/mol.